The summed E-state index contributed by atoms with van der Waals surface area (Å²) in [6.07, 6.45) is 0.457. The van der Waals surface area contributed by atoms with Crippen LogP contribution in [0.25, 0.3) is 0 Å². The molecule has 0 spiro atoms. The van der Waals surface area contributed by atoms with Crippen molar-refractivity contribution in [3.8, 4) is 11.8 Å². The monoisotopic (exact) mass is 321 g/mol. The van der Waals surface area contributed by atoms with E-state index in [2.05, 4.69) is 6.07 Å². The molecule has 122 valence electrons. The molecule has 0 aliphatic carbocycles. The minimum Gasteiger partial charge on any atom is -0.489 e. The fraction of sp³-hybridized carbons (Fsp3) is 0.263. The highest BCUT2D eigenvalue weighted by atomic mass is 16.5. The minimum absolute atomic E-state index is 0.0980. The van der Waals surface area contributed by atoms with Gasteiger partial charge in [0.25, 0.3) is 0 Å². The number of hydrogen-bond donors (Lipinski definition) is 1. The third kappa shape index (κ3) is 3.55. The van der Waals surface area contributed by atoms with Gasteiger partial charge >= 0.3 is 0 Å². The first-order chi connectivity index (χ1) is 11.7. The Bertz CT molecular complexity index is 755. The van der Waals surface area contributed by atoms with E-state index in [9.17, 15) is 10.1 Å². The van der Waals surface area contributed by atoms with Crippen LogP contribution in [0.1, 0.15) is 17.5 Å². The largest absolute Gasteiger partial charge is 0.489 e. The van der Waals surface area contributed by atoms with Crippen molar-refractivity contribution in [2.75, 3.05) is 6.54 Å². The Labute approximate surface area is 141 Å². The maximum Gasteiger partial charge on any atom is 0.234 e. The second kappa shape index (κ2) is 7.16. The van der Waals surface area contributed by atoms with E-state index in [1.54, 1.807) is 6.07 Å². The van der Waals surface area contributed by atoms with Crippen LogP contribution in [0.4, 0.5) is 0 Å². The molecule has 5 nitrogen and oxygen atoms in total. The summed E-state index contributed by atoms with van der Waals surface area (Å²) in [6, 6.07) is 18.8. The standard InChI is InChI=1S/C19H19N3O2/c20-11-14-6-4-5-7-15(14)12-22-13-17(10-18(22)19(21)23)24-16-8-2-1-3-9-16/h1-9,17-18H,10,12-13H2,(H2,21,23)/t17-,18-/m0/s1. The van der Waals surface area contributed by atoms with Gasteiger partial charge in [0.2, 0.25) is 5.91 Å². The van der Waals surface area contributed by atoms with Gasteiger partial charge in [-0.15, -0.1) is 0 Å². The van der Waals surface area contributed by atoms with Gasteiger partial charge in [-0.1, -0.05) is 36.4 Å². The first-order valence-corrected chi connectivity index (χ1v) is 7.90. The molecule has 1 aliphatic rings. The summed E-state index contributed by atoms with van der Waals surface area (Å²) in [6.45, 7) is 1.11. The summed E-state index contributed by atoms with van der Waals surface area (Å²) in [4.78, 5) is 13.8. The lowest BCUT2D eigenvalue weighted by Crippen LogP contribution is -2.39. The van der Waals surface area contributed by atoms with Crippen molar-refractivity contribution in [3.63, 3.8) is 0 Å². The van der Waals surface area contributed by atoms with Crippen molar-refractivity contribution in [1.29, 1.82) is 5.26 Å². The van der Waals surface area contributed by atoms with E-state index in [0.717, 1.165) is 11.3 Å². The number of ether oxygens (including phenoxy) is 1. The predicted molar refractivity (Wildman–Crippen MR) is 90.0 cm³/mol. The third-order valence-corrected chi connectivity index (χ3v) is 4.25. The number of primary amides is 1. The van der Waals surface area contributed by atoms with Crippen LogP contribution in [-0.4, -0.2) is 29.5 Å². The van der Waals surface area contributed by atoms with Gasteiger partial charge in [-0.3, -0.25) is 9.69 Å². The number of nitrogens with zero attached hydrogens (tertiary/aromatic N) is 2. The smallest absolute Gasteiger partial charge is 0.234 e. The molecule has 0 saturated carbocycles. The van der Waals surface area contributed by atoms with Crippen LogP contribution in [0.15, 0.2) is 54.6 Å². The van der Waals surface area contributed by atoms with Crippen molar-refractivity contribution in [1.82, 2.24) is 4.90 Å². The van der Waals surface area contributed by atoms with Gasteiger partial charge < -0.3 is 10.5 Å². The summed E-state index contributed by atoms with van der Waals surface area (Å²) >= 11 is 0. The molecule has 1 saturated heterocycles. The van der Waals surface area contributed by atoms with Crippen molar-refractivity contribution in [2.24, 2.45) is 5.73 Å². The molecular formula is C19H19N3O2. The number of likely N-dealkylation sites (tertiary alicyclic amines) is 1. The SMILES string of the molecule is N#Cc1ccccc1CN1C[C@@H](Oc2ccccc2)C[C@H]1C(N)=O. The predicted octanol–water partition coefficient (Wildman–Crippen LogP) is 2.07. The van der Waals surface area contributed by atoms with Gasteiger partial charge in [0.05, 0.1) is 17.7 Å². The Morgan fingerprint density at radius 3 is 2.62 bits per heavy atom. The number of amides is 1. The average Bonchev–Trinajstić information content (AvgIpc) is 2.99. The first kappa shape index (κ1) is 16.0. The van der Waals surface area contributed by atoms with Gasteiger partial charge in [0.1, 0.15) is 11.9 Å². The zero-order chi connectivity index (χ0) is 16.9. The fourth-order valence-electron chi connectivity index (χ4n) is 3.10. The van der Waals surface area contributed by atoms with E-state index in [0.29, 0.717) is 25.1 Å². The van der Waals surface area contributed by atoms with Crippen molar-refractivity contribution >= 4 is 5.91 Å². The molecule has 5 heteroatoms. The molecule has 24 heavy (non-hydrogen) atoms. The number of nitrogens with two attached hydrogens (primary N) is 1. The number of carbonyl (C=O) groups excluding carboxylic acids is 1. The van der Waals surface area contributed by atoms with Crippen molar-refractivity contribution in [3.05, 3.63) is 65.7 Å². The molecule has 1 amide bonds. The lowest BCUT2D eigenvalue weighted by Gasteiger charge is -2.21. The molecule has 3 rings (SSSR count). The molecule has 2 aromatic rings. The van der Waals surface area contributed by atoms with Gasteiger partial charge in [-0.2, -0.15) is 5.26 Å². The number of rotatable bonds is 5. The molecule has 1 aliphatic heterocycles. The highest BCUT2D eigenvalue weighted by Crippen LogP contribution is 2.25. The molecule has 0 radical (unpaired) electrons. The van der Waals surface area contributed by atoms with Crippen LogP contribution in [-0.2, 0) is 11.3 Å². The normalized spacial score (nSPS) is 20.5. The summed E-state index contributed by atoms with van der Waals surface area (Å²) in [5, 5.41) is 9.23. The molecule has 0 aromatic heterocycles. The quantitative estimate of drug-likeness (QED) is 0.914. The minimum atomic E-state index is -0.384. The molecule has 0 bridgehead atoms. The number of hydrogen-bond acceptors (Lipinski definition) is 4. The Morgan fingerprint density at radius 1 is 1.21 bits per heavy atom. The van der Waals surface area contributed by atoms with Crippen molar-refractivity contribution < 1.29 is 9.53 Å². The molecule has 2 aromatic carbocycles. The second-order valence-electron chi connectivity index (χ2n) is 5.91. The van der Waals surface area contributed by atoms with Crippen LogP contribution >= 0.6 is 0 Å². The van der Waals surface area contributed by atoms with Gasteiger partial charge in [-0.05, 0) is 23.8 Å². The van der Waals surface area contributed by atoms with Crippen LogP contribution in [0.5, 0.6) is 5.75 Å². The lowest BCUT2D eigenvalue weighted by molar-refractivity contribution is -0.122. The number of para-hydroxylation sites is 1. The molecule has 1 fully saturated rings. The maximum atomic E-state index is 11.8. The summed E-state index contributed by atoms with van der Waals surface area (Å²) < 4.78 is 5.97. The summed E-state index contributed by atoms with van der Waals surface area (Å²) in [5.74, 6) is 0.425. The van der Waals surface area contributed by atoms with E-state index in [4.69, 9.17) is 10.5 Å². The summed E-state index contributed by atoms with van der Waals surface area (Å²) in [5.41, 5.74) is 7.08. The van der Waals surface area contributed by atoms with Crippen LogP contribution in [0.3, 0.4) is 0 Å². The third-order valence-electron chi connectivity index (χ3n) is 4.25. The Morgan fingerprint density at radius 2 is 1.92 bits per heavy atom. The Hall–Kier alpha value is -2.84. The fourth-order valence-corrected chi connectivity index (χ4v) is 3.10. The van der Waals surface area contributed by atoms with E-state index in [1.807, 2.05) is 53.4 Å². The molecule has 0 unspecified atom stereocenters. The van der Waals surface area contributed by atoms with Gasteiger partial charge in [0.15, 0.2) is 0 Å². The van der Waals surface area contributed by atoms with Crippen molar-refractivity contribution in [2.45, 2.75) is 25.1 Å². The highest BCUT2D eigenvalue weighted by Gasteiger charge is 2.37. The molecule has 2 N–H and O–H groups in total. The Balaban J connectivity index is 1.74. The summed E-state index contributed by atoms with van der Waals surface area (Å²) in [7, 11) is 0. The average molecular weight is 321 g/mol. The Kier molecular flexibility index (Phi) is 4.78. The number of benzene rings is 2. The zero-order valence-corrected chi connectivity index (χ0v) is 13.3. The van der Waals surface area contributed by atoms with Crippen LogP contribution in [0, 0.1) is 11.3 Å². The van der Waals surface area contributed by atoms with E-state index >= 15 is 0 Å². The van der Waals surface area contributed by atoms with Gasteiger partial charge in [-0.25, -0.2) is 0 Å². The van der Waals surface area contributed by atoms with E-state index in [1.165, 1.54) is 0 Å². The van der Waals surface area contributed by atoms with E-state index < -0.39 is 0 Å². The zero-order valence-electron chi connectivity index (χ0n) is 13.3. The van der Waals surface area contributed by atoms with Crippen LogP contribution in [0.2, 0.25) is 0 Å². The second-order valence-corrected chi connectivity index (χ2v) is 5.91. The molecular weight excluding hydrogens is 302 g/mol. The molecule has 1 heterocycles. The van der Waals surface area contributed by atoms with Gasteiger partial charge in [0, 0.05) is 19.5 Å². The first-order valence-electron chi connectivity index (χ1n) is 7.90. The number of nitriles is 1. The maximum absolute atomic E-state index is 11.8. The number of carbonyl (C=O) groups is 1. The topological polar surface area (TPSA) is 79.3 Å². The lowest BCUT2D eigenvalue weighted by atomic mass is 10.1. The highest BCUT2D eigenvalue weighted by molar-refractivity contribution is 5.80. The van der Waals surface area contributed by atoms with Crippen LogP contribution < -0.4 is 10.5 Å². The molecule has 2 atom stereocenters. The van der Waals surface area contributed by atoms with E-state index in [-0.39, 0.29) is 18.1 Å².